The second-order valence-electron chi connectivity index (χ2n) is 4.01. The summed E-state index contributed by atoms with van der Waals surface area (Å²) in [6.07, 6.45) is 0. The van der Waals surface area contributed by atoms with Gasteiger partial charge in [-0.15, -0.1) is 0 Å². The summed E-state index contributed by atoms with van der Waals surface area (Å²) in [7, 11) is -2.44. The maximum Gasteiger partial charge on any atom is 0.339 e. The lowest BCUT2D eigenvalue weighted by atomic mass is 10.2. The van der Waals surface area contributed by atoms with Crippen molar-refractivity contribution < 1.29 is 28.2 Å². The van der Waals surface area contributed by atoms with E-state index in [4.69, 9.17) is 9.84 Å². The molecule has 0 saturated heterocycles. The zero-order valence-corrected chi connectivity index (χ0v) is 12.1. The molecule has 0 fully saturated rings. The Balaban J connectivity index is 3.03. The minimum atomic E-state index is -3.81. The standard InChI is InChI=1S/C12H17NO6S/c1-3-19-7-6-13(2)20(17,18)9-4-5-11(14)10(8-9)12(15)16/h4-5,8,14H,3,6-7H2,1-2H3,(H,15,16). The van der Waals surface area contributed by atoms with Gasteiger partial charge < -0.3 is 14.9 Å². The number of sulfonamides is 1. The van der Waals surface area contributed by atoms with Gasteiger partial charge in [-0.25, -0.2) is 13.2 Å². The molecule has 1 aromatic rings. The minimum Gasteiger partial charge on any atom is -0.507 e. The Morgan fingerprint density at radius 2 is 2.05 bits per heavy atom. The first-order valence-corrected chi connectivity index (χ1v) is 7.35. The third kappa shape index (κ3) is 3.69. The molecule has 1 rings (SSSR count). The molecule has 112 valence electrons. The first kappa shape index (κ1) is 16.4. The number of carboxylic acids is 1. The summed E-state index contributed by atoms with van der Waals surface area (Å²) in [5.41, 5.74) is -0.454. The number of carboxylic acid groups (broad SMARTS) is 1. The van der Waals surface area contributed by atoms with Crippen molar-refractivity contribution in [3.8, 4) is 5.75 Å². The largest absolute Gasteiger partial charge is 0.507 e. The van der Waals surface area contributed by atoms with Crippen LogP contribution < -0.4 is 0 Å². The van der Waals surface area contributed by atoms with E-state index in [0.29, 0.717) is 6.61 Å². The number of aromatic hydroxyl groups is 1. The maximum absolute atomic E-state index is 12.2. The topological polar surface area (TPSA) is 104 Å². The number of ether oxygens (including phenoxy) is 1. The Morgan fingerprint density at radius 3 is 2.60 bits per heavy atom. The van der Waals surface area contributed by atoms with Crippen LogP contribution in [0.15, 0.2) is 23.1 Å². The highest BCUT2D eigenvalue weighted by Crippen LogP contribution is 2.23. The number of benzene rings is 1. The fraction of sp³-hybridized carbons (Fsp3) is 0.417. The molecule has 0 amide bonds. The van der Waals surface area contributed by atoms with Gasteiger partial charge in [0.15, 0.2) is 0 Å². The van der Waals surface area contributed by atoms with E-state index >= 15 is 0 Å². The van der Waals surface area contributed by atoms with Crippen LogP contribution in [0, 0.1) is 0 Å². The van der Waals surface area contributed by atoms with Gasteiger partial charge in [-0.3, -0.25) is 0 Å². The number of carbonyl (C=O) groups is 1. The normalized spacial score (nSPS) is 11.8. The zero-order valence-electron chi connectivity index (χ0n) is 11.2. The van der Waals surface area contributed by atoms with Crippen LogP contribution in [-0.2, 0) is 14.8 Å². The maximum atomic E-state index is 12.2. The molecule has 0 bridgehead atoms. The average Bonchev–Trinajstić information content (AvgIpc) is 2.38. The summed E-state index contributed by atoms with van der Waals surface area (Å²) in [6, 6.07) is 3.14. The van der Waals surface area contributed by atoms with Crippen molar-refractivity contribution >= 4 is 16.0 Å². The highest BCUT2D eigenvalue weighted by Gasteiger charge is 2.23. The van der Waals surface area contributed by atoms with Crippen LogP contribution in [0.4, 0.5) is 0 Å². The molecule has 0 unspecified atom stereocenters. The predicted molar refractivity (Wildman–Crippen MR) is 71.4 cm³/mol. The molecule has 0 spiro atoms. The van der Waals surface area contributed by atoms with Crippen LogP contribution in [0.5, 0.6) is 5.75 Å². The van der Waals surface area contributed by atoms with Crippen molar-refractivity contribution in [2.75, 3.05) is 26.8 Å². The van der Waals surface area contributed by atoms with Gasteiger partial charge in [-0.2, -0.15) is 4.31 Å². The summed E-state index contributed by atoms with van der Waals surface area (Å²) < 4.78 is 30.6. The molecular weight excluding hydrogens is 286 g/mol. The smallest absolute Gasteiger partial charge is 0.339 e. The quantitative estimate of drug-likeness (QED) is 0.720. The molecule has 0 atom stereocenters. The SMILES string of the molecule is CCOCCN(C)S(=O)(=O)c1ccc(O)c(C(=O)O)c1. The summed E-state index contributed by atoms with van der Waals surface area (Å²) in [5, 5.41) is 18.3. The van der Waals surface area contributed by atoms with Gasteiger partial charge in [0, 0.05) is 20.2 Å². The van der Waals surface area contributed by atoms with E-state index in [1.807, 2.05) is 0 Å². The van der Waals surface area contributed by atoms with Gasteiger partial charge in [-0.1, -0.05) is 0 Å². The number of aromatic carboxylic acids is 1. The second kappa shape index (κ2) is 6.69. The molecule has 0 aromatic heterocycles. The molecule has 1 aromatic carbocycles. The van der Waals surface area contributed by atoms with E-state index in [1.165, 1.54) is 7.05 Å². The zero-order chi connectivity index (χ0) is 15.3. The van der Waals surface area contributed by atoms with Crippen molar-refractivity contribution in [3.63, 3.8) is 0 Å². The van der Waals surface area contributed by atoms with Crippen molar-refractivity contribution in [2.45, 2.75) is 11.8 Å². The lowest BCUT2D eigenvalue weighted by Crippen LogP contribution is -2.30. The van der Waals surface area contributed by atoms with Gasteiger partial charge in [0.1, 0.15) is 11.3 Å². The highest BCUT2D eigenvalue weighted by molar-refractivity contribution is 7.89. The van der Waals surface area contributed by atoms with Crippen LogP contribution in [-0.4, -0.2) is 55.7 Å². The van der Waals surface area contributed by atoms with E-state index in [1.54, 1.807) is 6.92 Å². The fourth-order valence-corrected chi connectivity index (χ4v) is 2.67. The van der Waals surface area contributed by atoms with Crippen LogP contribution in [0.25, 0.3) is 0 Å². The lowest BCUT2D eigenvalue weighted by molar-refractivity contribution is 0.0693. The third-order valence-electron chi connectivity index (χ3n) is 2.66. The Morgan fingerprint density at radius 1 is 1.40 bits per heavy atom. The Kier molecular flexibility index (Phi) is 5.49. The number of phenols is 1. The van der Waals surface area contributed by atoms with Gasteiger partial charge in [-0.05, 0) is 25.1 Å². The number of hydrogen-bond donors (Lipinski definition) is 2. The molecule has 0 aliphatic carbocycles. The van der Waals surface area contributed by atoms with Crippen LogP contribution >= 0.6 is 0 Å². The van der Waals surface area contributed by atoms with Crippen molar-refractivity contribution in [1.82, 2.24) is 4.31 Å². The van der Waals surface area contributed by atoms with Crippen molar-refractivity contribution in [2.24, 2.45) is 0 Å². The Bertz CT molecular complexity index is 584. The molecule has 7 nitrogen and oxygen atoms in total. The van der Waals surface area contributed by atoms with Crippen molar-refractivity contribution in [1.29, 1.82) is 0 Å². The minimum absolute atomic E-state index is 0.152. The van der Waals surface area contributed by atoms with E-state index < -0.39 is 27.3 Å². The van der Waals surface area contributed by atoms with E-state index in [-0.39, 0.29) is 18.0 Å². The van der Waals surface area contributed by atoms with E-state index in [9.17, 15) is 18.3 Å². The first-order valence-electron chi connectivity index (χ1n) is 5.91. The molecule has 0 aliphatic heterocycles. The molecule has 0 saturated carbocycles. The van der Waals surface area contributed by atoms with Crippen LogP contribution in [0.2, 0.25) is 0 Å². The first-order chi connectivity index (χ1) is 9.30. The molecule has 0 radical (unpaired) electrons. The Labute approximate surface area is 117 Å². The van der Waals surface area contributed by atoms with Crippen molar-refractivity contribution in [3.05, 3.63) is 23.8 Å². The predicted octanol–water partition coefficient (Wildman–Crippen LogP) is 0.747. The van der Waals surface area contributed by atoms with Gasteiger partial charge >= 0.3 is 5.97 Å². The molecule has 0 aliphatic rings. The molecule has 8 heteroatoms. The molecule has 2 N–H and O–H groups in total. The molecular formula is C12H17NO6S. The molecule has 20 heavy (non-hydrogen) atoms. The molecule has 0 heterocycles. The van der Waals surface area contributed by atoms with Gasteiger partial charge in [0.25, 0.3) is 0 Å². The summed E-state index contributed by atoms with van der Waals surface area (Å²) in [5.74, 6) is -1.87. The summed E-state index contributed by atoms with van der Waals surface area (Å²) in [4.78, 5) is 10.7. The second-order valence-corrected chi connectivity index (χ2v) is 6.05. The summed E-state index contributed by atoms with van der Waals surface area (Å²) >= 11 is 0. The number of nitrogens with zero attached hydrogens (tertiary/aromatic N) is 1. The Hall–Kier alpha value is -1.64. The average molecular weight is 303 g/mol. The van der Waals surface area contributed by atoms with Gasteiger partial charge in [0.2, 0.25) is 10.0 Å². The number of likely N-dealkylation sites (N-methyl/N-ethyl adjacent to an activating group) is 1. The number of hydrogen-bond acceptors (Lipinski definition) is 5. The van der Waals surface area contributed by atoms with E-state index in [0.717, 1.165) is 22.5 Å². The third-order valence-corrected chi connectivity index (χ3v) is 4.51. The van der Waals surface area contributed by atoms with Crippen LogP contribution in [0.1, 0.15) is 17.3 Å². The highest BCUT2D eigenvalue weighted by atomic mass is 32.2. The van der Waals surface area contributed by atoms with E-state index in [2.05, 4.69) is 0 Å². The summed E-state index contributed by atoms with van der Waals surface area (Å²) in [6.45, 7) is 2.68. The van der Waals surface area contributed by atoms with Crippen LogP contribution in [0.3, 0.4) is 0 Å². The lowest BCUT2D eigenvalue weighted by Gasteiger charge is -2.17. The fourth-order valence-electron chi connectivity index (χ4n) is 1.48. The monoisotopic (exact) mass is 303 g/mol. The number of rotatable bonds is 7. The van der Waals surface area contributed by atoms with Gasteiger partial charge in [0.05, 0.1) is 11.5 Å².